The third-order valence-corrected chi connectivity index (χ3v) is 3.08. The molecule has 1 heterocycles. The summed E-state index contributed by atoms with van der Waals surface area (Å²) in [4.78, 5) is 18.7. The number of nitro benzene ring substituents is 1. The maximum absolute atomic E-state index is 10.8. The molecule has 2 aromatic rings. The minimum Gasteiger partial charge on any atom is -0.439 e. The molecule has 1 N–H and O–H groups in total. The molecule has 0 unspecified atom stereocenters. The normalized spacial score (nSPS) is 10.2. The van der Waals surface area contributed by atoms with Gasteiger partial charge in [-0.1, -0.05) is 6.92 Å². The molecule has 0 spiro atoms. The van der Waals surface area contributed by atoms with Crippen LogP contribution in [-0.4, -0.2) is 21.9 Å². The Morgan fingerprint density at radius 1 is 1.38 bits per heavy atom. The third kappa shape index (κ3) is 3.07. The number of benzene rings is 1. The summed E-state index contributed by atoms with van der Waals surface area (Å²) in [6, 6.07) is 4.61. The van der Waals surface area contributed by atoms with Crippen molar-refractivity contribution in [3.8, 4) is 11.6 Å². The van der Waals surface area contributed by atoms with Gasteiger partial charge in [0.15, 0.2) is 0 Å². The summed E-state index contributed by atoms with van der Waals surface area (Å²) in [7, 11) is 1.78. The second-order valence-corrected chi connectivity index (χ2v) is 4.42. The number of nitro groups is 1. The molecule has 7 heteroatoms. The van der Waals surface area contributed by atoms with E-state index in [0.29, 0.717) is 29.4 Å². The number of anilines is 1. The SMILES string of the molecule is CCc1c(NC)ncnc1Oc1ccc([N+](=O)[O-])c(C)c1. The van der Waals surface area contributed by atoms with Crippen LogP contribution >= 0.6 is 0 Å². The van der Waals surface area contributed by atoms with Crippen LogP contribution in [0.15, 0.2) is 24.5 Å². The predicted octanol–water partition coefficient (Wildman–Crippen LogP) is 3.09. The Bertz CT molecular complexity index is 673. The molecule has 0 saturated heterocycles. The van der Waals surface area contributed by atoms with E-state index in [1.54, 1.807) is 26.1 Å². The van der Waals surface area contributed by atoms with Gasteiger partial charge in [0.25, 0.3) is 5.69 Å². The lowest BCUT2D eigenvalue weighted by molar-refractivity contribution is -0.385. The quantitative estimate of drug-likeness (QED) is 0.671. The molecule has 1 aromatic heterocycles. The van der Waals surface area contributed by atoms with Crippen molar-refractivity contribution in [1.29, 1.82) is 0 Å². The molecule has 110 valence electrons. The average Bonchev–Trinajstić information content (AvgIpc) is 2.46. The molecule has 1 aromatic carbocycles. The lowest BCUT2D eigenvalue weighted by atomic mass is 10.2. The summed E-state index contributed by atoms with van der Waals surface area (Å²) >= 11 is 0. The lowest BCUT2D eigenvalue weighted by Gasteiger charge is -2.12. The van der Waals surface area contributed by atoms with E-state index in [0.717, 1.165) is 5.56 Å². The molecule has 0 bridgehead atoms. The van der Waals surface area contributed by atoms with E-state index in [1.807, 2.05) is 6.92 Å². The van der Waals surface area contributed by atoms with Crippen LogP contribution in [-0.2, 0) is 6.42 Å². The second-order valence-electron chi connectivity index (χ2n) is 4.42. The van der Waals surface area contributed by atoms with Gasteiger partial charge in [0.2, 0.25) is 5.88 Å². The second kappa shape index (κ2) is 6.17. The summed E-state index contributed by atoms with van der Waals surface area (Å²) < 4.78 is 5.74. The van der Waals surface area contributed by atoms with Crippen LogP contribution in [0, 0.1) is 17.0 Å². The lowest BCUT2D eigenvalue weighted by Crippen LogP contribution is -2.02. The van der Waals surface area contributed by atoms with Crippen LogP contribution in [0.4, 0.5) is 11.5 Å². The molecule has 0 radical (unpaired) electrons. The minimum atomic E-state index is -0.416. The first-order valence-electron chi connectivity index (χ1n) is 6.51. The Morgan fingerprint density at radius 3 is 2.71 bits per heavy atom. The van der Waals surface area contributed by atoms with Crippen molar-refractivity contribution in [2.75, 3.05) is 12.4 Å². The Hall–Kier alpha value is -2.70. The molecular weight excluding hydrogens is 272 g/mol. The fourth-order valence-electron chi connectivity index (χ4n) is 2.03. The van der Waals surface area contributed by atoms with Crippen LogP contribution in [0.2, 0.25) is 0 Å². The van der Waals surface area contributed by atoms with E-state index < -0.39 is 4.92 Å². The van der Waals surface area contributed by atoms with E-state index >= 15 is 0 Å². The van der Waals surface area contributed by atoms with Crippen molar-refractivity contribution in [2.24, 2.45) is 0 Å². The van der Waals surface area contributed by atoms with Gasteiger partial charge in [-0.3, -0.25) is 10.1 Å². The van der Waals surface area contributed by atoms with Crippen LogP contribution in [0.1, 0.15) is 18.1 Å². The summed E-state index contributed by atoms with van der Waals surface area (Å²) in [5, 5.41) is 13.8. The summed E-state index contributed by atoms with van der Waals surface area (Å²) in [6.07, 6.45) is 2.12. The van der Waals surface area contributed by atoms with Crippen molar-refractivity contribution in [3.05, 3.63) is 45.8 Å². The molecule has 21 heavy (non-hydrogen) atoms. The van der Waals surface area contributed by atoms with E-state index in [2.05, 4.69) is 15.3 Å². The molecule has 0 aliphatic rings. The molecular formula is C14H16N4O3. The van der Waals surface area contributed by atoms with Gasteiger partial charge in [0.1, 0.15) is 17.9 Å². The van der Waals surface area contributed by atoms with Crippen LogP contribution in [0.5, 0.6) is 11.6 Å². The fraction of sp³-hybridized carbons (Fsp3) is 0.286. The van der Waals surface area contributed by atoms with Crippen molar-refractivity contribution < 1.29 is 9.66 Å². The molecule has 0 fully saturated rings. The zero-order valence-corrected chi connectivity index (χ0v) is 12.1. The highest BCUT2D eigenvalue weighted by Gasteiger charge is 2.14. The van der Waals surface area contributed by atoms with Gasteiger partial charge in [-0.05, 0) is 25.5 Å². The highest BCUT2D eigenvalue weighted by atomic mass is 16.6. The number of nitrogens with one attached hydrogen (secondary N) is 1. The number of aromatic nitrogens is 2. The topological polar surface area (TPSA) is 90.2 Å². The Morgan fingerprint density at radius 2 is 2.14 bits per heavy atom. The van der Waals surface area contributed by atoms with Crippen molar-refractivity contribution in [3.63, 3.8) is 0 Å². The number of rotatable bonds is 5. The molecule has 0 aliphatic heterocycles. The van der Waals surface area contributed by atoms with Crippen molar-refractivity contribution in [1.82, 2.24) is 9.97 Å². The summed E-state index contributed by atoms with van der Waals surface area (Å²) in [5.41, 5.74) is 1.46. The first-order valence-corrected chi connectivity index (χ1v) is 6.51. The highest BCUT2D eigenvalue weighted by molar-refractivity contribution is 5.50. The third-order valence-electron chi connectivity index (χ3n) is 3.08. The molecule has 7 nitrogen and oxygen atoms in total. The van der Waals surface area contributed by atoms with E-state index in [1.165, 1.54) is 12.4 Å². The van der Waals surface area contributed by atoms with Gasteiger partial charge in [0, 0.05) is 18.7 Å². The Balaban J connectivity index is 2.34. The van der Waals surface area contributed by atoms with E-state index in [4.69, 9.17) is 4.74 Å². The largest absolute Gasteiger partial charge is 0.439 e. The average molecular weight is 288 g/mol. The van der Waals surface area contributed by atoms with Gasteiger partial charge in [-0.2, -0.15) is 0 Å². The first-order chi connectivity index (χ1) is 10.1. The standard InChI is InChI=1S/C14H16N4O3/c1-4-11-13(15-3)16-8-17-14(11)21-10-5-6-12(18(19)20)9(2)7-10/h5-8H,4H2,1-3H3,(H,15,16,17). The molecule has 0 saturated carbocycles. The highest BCUT2D eigenvalue weighted by Crippen LogP contribution is 2.30. The van der Waals surface area contributed by atoms with Crippen LogP contribution in [0.25, 0.3) is 0 Å². The molecule has 0 atom stereocenters. The minimum absolute atomic E-state index is 0.0664. The van der Waals surface area contributed by atoms with Gasteiger partial charge in [0.05, 0.1) is 10.5 Å². The molecule has 0 aliphatic carbocycles. The number of hydrogen-bond acceptors (Lipinski definition) is 6. The van der Waals surface area contributed by atoms with Gasteiger partial charge in [-0.25, -0.2) is 9.97 Å². The Kier molecular flexibility index (Phi) is 4.32. The predicted molar refractivity (Wildman–Crippen MR) is 78.9 cm³/mol. The number of nitrogens with zero attached hydrogens (tertiary/aromatic N) is 3. The van der Waals surface area contributed by atoms with Crippen molar-refractivity contribution in [2.45, 2.75) is 20.3 Å². The summed E-state index contributed by atoms with van der Waals surface area (Å²) in [5.74, 6) is 1.67. The fourth-order valence-corrected chi connectivity index (χ4v) is 2.03. The Labute approximate surface area is 122 Å². The zero-order valence-electron chi connectivity index (χ0n) is 12.1. The van der Waals surface area contributed by atoms with Crippen LogP contribution < -0.4 is 10.1 Å². The van der Waals surface area contributed by atoms with Crippen molar-refractivity contribution >= 4 is 11.5 Å². The van der Waals surface area contributed by atoms with Crippen LogP contribution in [0.3, 0.4) is 0 Å². The maximum Gasteiger partial charge on any atom is 0.272 e. The zero-order chi connectivity index (χ0) is 15.4. The van der Waals surface area contributed by atoms with Gasteiger partial charge < -0.3 is 10.1 Å². The summed E-state index contributed by atoms with van der Waals surface area (Å²) in [6.45, 7) is 3.65. The number of aryl methyl sites for hydroxylation is 1. The first kappa shape index (κ1) is 14.7. The monoisotopic (exact) mass is 288 g/mol. The van der Waals surface area contributed by atoms with E-state index in [-0.39, 0.29) is 5.69 Å². The number of ether oxygens (including phenoxy) is 1. The number of hydrogen-bond donors (Lipinski definition) is 1. The van der Waals surface area contributed by atoms with Gasteiger partial charge in [-0.15, -0.1) is 0 Å². The maximum atomic E-state index is 10.8. The van der Waals surface area contributed by atoms with E-state index in [9.17, 15) is 10.1 Å². The molecule has 2 rings (SSSR count). The molecule has 0 amide bonds. The van der Waals surface area contributed by atoms with Gasteiger partial charge >= 0.3 is 0 Å². The smallest absolute Gasteiger partial charge is 0.272 e.